The zero-order valence-electron chi connectivity index (χ0n) is 5.00. The van der Waals surface area contributed by atoms with Gasteiger partial charge in [-0.15, -0.1) is 0 Å². The maximum absolute atomic E-state index is 4.84. The second-order valence-electron chi connectivity index (χ2n) is 1.56. The Morgan fingerprint density at radius 3 is 2.44 bits per heavy atom. The number of para-hydroxylation sites is 1. The van der Waals surface area contributed by atoms with Crippen LogP contribution in [-0.4, -0.2) is 0 Å². The Hall–Kier alpha value is -1.24. The fraction of sp³-hybridized carbons (Fsp3) is 0. The third kappa shape index (κ3) is 1.61. The van der Waals surface area contributed by atoms with Crippen LogP contribution in [0.5, 0.6) is 5.75 Å². The summed E-state index contributed by atoms with van der Waals surface area (Å²) in [5, 5.41) is 0. The van der Waals surface area contributed by atoms with Crippen LogP contribution in [0.15, 0.2) is 36.9 Å². The van der Waals surface area contributed by atoms with Gasteiger partial charge in [0.05, 0.1) is 0 Å². The van der Waals surface area contributed by atoms with Gasteiger partial charge in [0.2, 0.25) is 0 Å². The number of hydrogen-bond acceptors (Lipinski definition) is 1. The van der Waals surface area contributed by atoms with Crippen molar-refractivity contribution in [1.82, 2.24) is 0 Å². The van der Waals surface area contributed by atoms with Gasteiger partial charge in [-0.25, -0.2) is 0 Å². The first-order chi connectivity index (χ1) is 4.43. The van der Waals surface area contributed by atoms with E-state index in [2.05, 4.69) is 12.8 Å². The third-order valence-electron chi connectivity index (χ3n) is 0.933. The summed E-state index contributed by atoms with van der Waals surface area (Å²) in [5.74, 6) is 0.771. The summed E-state index contributed by atoms with van der Waals surface area (Å²) in [7, 11) is 0. The lowest BCUT2D eigenvalue weighted by atomic mass is 10.3. The summed E-state index contributed by atoms with van der Waals surface area (Å²) in [6, 6.07) is 9.41. The lowest BCUT2D eigenvalue weighted by Gasteiger charge is -1.93. The van der Waals surface area contributed by atoms with Crippen molar-refractivity contribution >= 4 is 0 Å². The van der Waals surface area contributed by atoms with Crippen molar-refractivity contribution in [3.05, 3.63) is 43.2 Å². The Morgan fingerprint density at radius 2 is 1.89 bits per heavy atom. The van der Waals surface area contributed by atoms with Gasteiger partial charge in [0.15, 0.2) is 6.26 Å². The molecule has 0 atom stereocenters. The van der Waals surface area contributed by atoms with Crippen molar-refractivity contribution in [3.63, 3.8) is 0 Å². The van der Waals surface area contributed by atoms with E-state index in [0.717, 1.165) is 5.75 Å². The van der Waals surface area contributed by atoms with E-state index in [9.17, 15) is 0 Å². The van der Waals surface area contributed by atoms with E-state index in [1.54, 1.807) is 0 Å². The van der Waals surface area contributed by atoms with Crippen LogP contribution in [0.25, 0.3) is 0 Å². The highest BCUT2D eigenvalue weighted by Gasteiger charge is 1.82. The quantitative estimate of drug-likeness (QED) is 0.541. The molecular formula is C8H7O. The molecule has 0 aliphatic heterocycles. The lowest BCUT2D eigenvalue weighted by Crippen LogP contribution is -1.78. The zero-order chi connectivity index (χ0) is 6.53. The van der Waals surface area contributed by atoms with Gasteiger partial charge in [-0.2, -0.15) is 0 Å². The van der Waals surface area contributed by atoms with Gasteiger partial charge in [0.25, 0.3) is 0 Å². The van der Waals surface area contributed by atoms with E-state index in [4.69, 9.17) is 4.74 Å². The molecule has 0 aromatic heterocycles. The SMILES string of the molecule is C=[C]Oc1ccccc1. The summed E-state index contributed by atoms with van der Waals surface area (Å²) in [6.07, 6.45) is 2.33. The van der Waals surface area contributed by atoms with Crippen LogP contribution in [0.2, 0.25) is 0 Å². The molecular weight excluding hydrogens is 112 g/mol. The minimum Gasteiger partial charge on any atom is -0.454 e. The smallest absolute Gasteiger partial charge is 0.162 e. The number of benzene rings is 1. The molecule has 0 spiro atoms. The van der Waals surface area contributed by atoms with Crippen molar-refractivity contribution in [1.29, 1.82) is 0 Å². The maximum Gasteiger partial charge on any atom is 0.162 e. The van der Waals surface area contributed by atoms with Crippen molar-refractivity contribution < 1.29 is 4.74 Å². The Kier molecular flexibility index (Phi) is 1.91. The minimum atomic E-state index is 0.771. The van der Waals surface area contributed by atoms with Gasteiger partial charge in [0.1, 0.15) is 5.75 Å². The highest BCUT2D eigenvalue weighted by molar-refractivity contribution is 5.21. The fourth-order valence-corrected chi connectivity index (χ4v) is 0.572. The van der Waals surface area contributed by atoms with Gasteiger partial charge in [-0.3, -0.25) is 0 Å². The van der Waals surface area contributed by atoms with Crippen molar-refractivity contribution in [2.75, 3.05) is 0 Å². The molecule has 0 fully saturated rings. The second kappa shape index (κ2) is 2.92. The molecule has 1 rings (SSSR count). The molecule has 1 heteroatoms. The summed E-state index contributed by atoms with van der Waals surface area (Å²) in [4.78, 5) is 0. The highest BCUT2D eigenvalue weighted by Crippen LogP contribution is 2.06. The first kappa shape index (κ1) is 5.89. The minimum absolute atomic E-state index is 0.771. The Balaban J connectivity index is 2.72. The predicted octanol–water partition coefficient (Wildman–Crippen LogP) is 2.01. The van der Waals surface area contributed by atoms with Crippen LogP contribution in [-0.2, 0) is 0 Å². The molecule has 1 aromatic rings. The molecule has 9 heavy (non-hydrogen) atoms. The number of rotatable bonds is 2. The van der Waals surface area contributed by atoms with E-state index in [0.29, 0.717) is 0 Å². The third-order valence-corrected chi connectivity index (χ3v) is 0.933. The first-order valence-electron chi connectivity index (χ1n) is 2.67. The Bertz CT molecular complexity index is 179. The summed E-state index contributed by atoms with van der Waals surface area (Å²) in [5.41, 5.74) is 0. The second-order valence-corrected chi connectivity index (χ2v) is 1.56. The molecule has 0 N–H and O–H groups in total. The first-order valence-corrected chi connectivity index (χ1v) is 2.67. The molecule has 0 aliphatic carbocycles. The van der Waals surface area contributed by atoms with Gasteiger partial charge in [0, 0.05) is 0 Å². The molecule has 1 nitrogen and oxygen atoms in total. The van der Waals surface area contributed by atoms with Gasteiger partial charge in [-0.1, -0.05) is 24.8 Å². The number of ether oxygens (including phenoxy) is 1. The maximum atomic E-state index is 4.84. The Labute approximate surface area is 54.6 Å². The molecule has 1 radical (unpaired) electrons. The fourth-order valence-electron chi connectivity index (χ4n) is 0.572. The molecule has 0 amide bonds. The molecule has 0 bridgehead atoms. The van der Waals surface area contributed by atoms with Crippen LogP contribution in [0.4, 0.5) is 0 Å². The van der Waals surface area contributed by atoms with Crippen LogP contribution in [0, 0.1) is 6.26 Å². The Morgan fingerprint density at radius 1 is 1.22 bits per heavy atom. The molecule has 1 aromatic carbocycles. The molecule has 0 saturated carbocycles. The van der Waals surface area contributed by atoms with Crippen LogP contribution < -0.4 is 4.74 Å². The van der Waals surface area contributed by atoms with Gasteiger partial charge in [-0.05, 0) is 12.1 Å². The predicted molar refractivity (Wildman–Crippen MR) is 35.9 cm³/mol. The molecule has 45 valence electrons. The average molecular weight is 119 g/mol. The van der Waals surface area contributed by atoms with Crippen molar-refractivity contribution in [3.8, 4) is 5.75 Å². The zero-order valence-corrected chi connectivity index (χ0v) is 5.00. The largest absolute Gasteiger partial charge is 0.454 e. The summed E-state index contributed by atoms with van der Waals surface area (Å²) < 4.78 is 4.84. The van der Waals surface area contributed by atoms with E-state index >= 15 is 0 Å². The number of hydrogen-bond donors (Lipinski definition) is 0. The van der Waals surface area contributed by atoms with Crippen molar-refractivity contribution in [2.24, 2.45) is 0 Å². The normalized spacial score (nSPS) is 8.44. The lowest BCUT2D eigenvalue weighted by molar-refractivity contribution is 0.455. The van der Waals surface area contributed by atoms with E-state index in [1.165, 1.54) is 0 Å². The van der Waals surface area contributed by atoms with E-state index in [1.807, 2.05) is 30.3 Å². The molecule has 0 aliphatic rings. The van der Waals surface area contributed by atoms with Crippen LogP contribution in [0.1, 0.15) is 0 Å². The average Bonchev–Trinajstić information content (AvgIpc) is 1.91. The summed E-state index contributed by atoms with van der Waals surface area (Å²) >= 11 is 0. The standard InChI is InChI=1S/C8H7O/c1-2-9-8-6-4-3-5-7-8/h3-7H,1H2. The van der Waals surface area contributed by atoms with Crippen LogP contribution >= 0.6 is 0 Å². The highest BCUT2D eigenvalue weighted by atomic mass is 16.5. The van der Waals surface area contributed by atoms with Crippen molar-refractivity contribution in [2.45, 2.75) is 0 Å². The van der Waals surface area contributed by atoms with Gasteiger partial charge >= 0.3 is 0 Å². The van der Waals surface area contributed by atoms with E-state index in [-0.39, 0.29) is 0 Å². The molecule has 0 saturated heterocycles. The van der Waals surface area contributed by atoms with Gasteiger partial charge < -0.3 is 4.74 Å². The van der Waals surface area contributed by atoms with Crippen LogP contribution in [0.3, 0.4) is 0 Å². The van der Waals surface area contributed by atoms with E-state index < -0.39 is 0 Å². The monoisotopic (exact) mass is 119 g/mol. The molecule has 0 unspecified atom stereocenters. The summed E-state index contributed by atoms with van der Waals surface area (Å²) in [6.45, 7) is 3.31. The topological polar surface area (TPSA) is 9.23 Å². The molecule has 0 heterocycles.